The molecule has 2 aliphatic rings. The molecule has 7 unspecified atom stereocenters. The fourth-order valence-corrected chi connectivity index (χ4v) is 2.05. The highest BCUT2D eigenvalue weighted by molar-refractivity contribution is 4.99. The van der Waals surface area contributed by atoms with Crippen molar-refractivity contribution in [2.24, 2.45) is 5.92 Å². The van der Waals surface area contributed by atoms with E-state index in [1.807, 2.05) is 0 Å². The SMILES string of the molecule is OCC1OC(OC2C(O)C2CO)CC(O)C1O. The predicted octanol–water partition coefficient (Wildman–Crippen LogP) is -2.82. The molecule has 7 heteroatoms. The van der Waals surface area contributed by atoms with E-state index in [1.165, 1.54) is 0 Å². The summed E-state index contributed by atoms with van der Waals surface area (Å²) in [6.07, 6.45) is -5.02. The molecule has 1 saturated heterocycles. The van der Waals surface area contributed by atoms with Crippen LogP contribution >= 0.6 is 0 Å². The van der Waals surface area contributed by atoms with Crippen LogP contribution in [0.2, 0.25) is 0 Å². The molecule has 0 bridgehead atoms. The lowest BCUT2D eigenvalue weighted by molar-refractivity contribution is -0.263. The first-order valence-electron chi connectivity index (χ1n) is 5.65. The molecule has 0 aromatic carbocycles. The Hall–Kier alpha value is -0.280. The monoisotopic (exact) mass is 250 g/mol. The van der Waals surface area contributed by atoms with Gasteiger partial charge in [-0.25, -0.2) is 0 Å². The van der Waals surface area contributed by atoms with Crippen molar-refractivity contribution in [2.45, 2.75) is 43.2 Å². The van der Waals surface area contributed by atoms with Crippen molar-refractivity contribution in [3.8, 4) is 0 Å². The maximum Gasteiger partial charge on any atom is 0.161 e. The number of aliphatic hydroxyl groups is 5. The van der Waals surface area contributed by atoms with E-state index in [0.29, 0.717) is 0 Å². The van der Waals surface area contributed by atoms with Crippen molar-refractivity contribution in [2.75, 3.05) is 13.2 Å². The average molecular weight is 250 g/mol. The van der Waals surface area contributed by atoms with Crippen LogP contribution in [0.25, 0.3) is 0 Å². The van der Waals surface area contributed by atoms with Gasteiger partial charge in [0.2, 0.25) is 0 Å². The molecule has 2 fully saturated rings. The molecule has 7 atom stereocenters. The van der Waals surface area contributed by atoms with Crippen LogP contribution in [-0.2, 0) is 9.47 Å². The summed E-state index contributed by atoms with van der Waals surface area (Å²) in [6.45, 7) is -0.595. The highest BCUT2D eigenvalue weighted by Crippen LogP contribution is 2.36. The molecule has 2 rings (SSSR count). The zero-order chi connectivity index (χ0) is 12.6. The lowest BCUT2D eigenvalue weighted by Gasteiger charge is -2.36. The van der Waals surface area contributed by atoms with E-state index in [4.69, 9.17) is 19.7 Å². The van der Waals surface area contributed by atoms with Crippen molar-refractivity contribution < 1.29 is 35.0 Å². The molecule has 7 nitrogen and oxygen atoms in total. The Labute approximate surface area is 98.2 Å². The molecule has 0 amide bonds. The first kappa shape index (κ1) is 13.2. The Morgan fingerprint density at radius 3 is 2.29 bits per heavy atom. The summed E-state index contributed by atoms with van der Waals surface area (Å²) in [5, 5.41) is 46.2. The second-order valence-corrected chi connectivity index (χ2v) is 4.52. The standard InChI is InChI=1S/C10H18O7/c11-2-4-8(14)10(4)17-7-1-5(13)9(15)6(3-12)16-7/h4-15H,1-3H2. The van der Waals surface area contributed by atoms with Gasteiger partial charge in [-0.1, -0.05) is 0 Å². The van der Waals surface area contributed by atoms with E-state index in [1.54, 1.807) is 0 Å². The van der Waals surface area contributed by atoms with E-state index >= 15 is 0 Å². The Bertz CT molecular complexity index is 261. The van der Waals surface area contributed by atoms with E-state index in [2.05, 4.69) is 0 Å². The summed E-state index contributed by atoms with van der Waals surface area (Å²) in [5.74, 6) is -0.324. The number of rotatable bonds is 4. The van der Waals surface area contributed by atoms with Crippen molar-refractivity contribution in [1.29, 1.82) is 0 Å². The van der Waals surface area contributed by atoms with Crippen LogP contribution in [0.15, 0.2) is 0 Å². The Morgan fingerprint density at radius 2 is 1.76 bits per heavy atom. The Morgan fingerprint density at radius 1 is 1.06 bits per heavy atom. The molecule has 100 valence electrons. The minimum absolute atomic E-state index is 0.0685. The summed E-state index contributed by atoms with van der Waals surface area (Å²) in [7, 11) is 0. The van der Waals surface area contributed by atoms with Crippen molar-refractivity contribution in [1.82, 2.24) is 0 Å². The number of ether oxygens (including phenoxy) is 2. The van der Waals surface area contributed by atoms with Gasteiger partial charge in [0.15, 0.2) is 6.29 Å². The number of hydrogen-bond acceptors (Lipinski definition) is 7. The normalized spacial score (nSPS) is 50.3. The van der Waals surface area contributed by atoms with Crippen LogP contribution in [0, 0.1) is 5.92 Å². The molecule has 1 saturated carbocycles. The van der Waals surface area contributed by atoms with Crippen LogP contribution in [0.1, 0.15) is 6.42 Å². The summed E-state index contributed by atoms with van der Waals surface area (Å²) in [4.78, 5) is 0. The third-order valence-electron chi connectivity index (χ3n) is 3.29. The van der Waals surface area contributed by atoms with Crippen LogP contribution in [0.4, 0.5) is 0 Å². The second-order valence-electron chi connectivity index (χ2n) is 4.52. The Kier molecular flexibility index (Phi) is 3.99. The van der Waals surface area contributed by atoms with Gasteiger partial charge in [-0.3, -0.25) is 0 Å². The van der Waals surface area contributed by atoms with Crippen molar-refractivity contribution in [3.05, 3.63) is 0 Å². The van der Waals surface area contributed by atoms with Crippen molar-refractivity contribution >= 4 is 0 Å². The molecule has 17 heavy (non-hydrogen) atoms. The van der Waals surface area contributed by atoms with Gasteiger partial charge in [-0.2, -0.15) is 0 Å². The molecule has 0 spiro atoms. The van der Waals surface area contributed by atoms with Crippen LogP contribution in [0.3, 0.4) is 0 Å². The zero-order valence-electron chi connectivity index (χ0n) is 9.22. The molecule has 1 aliphatic carbocycles. The smallest absolute Gasteiger partial charge is 0.161 e. The number of hydrogen-bond donors (Lipinski definition) is 5. The summed E-state index contributed by atoms with van der Waals surface area (Å²) in [5.41, 5.74) is 0. The fraction of sp³-hybridized carbons (Fsp3) is 1.00. The maximum absolute atomic E-state index is 9.54. The highest BCUT2D eigenvalue weighted by Gasteiger charge is 2.52. The van der Waals surface area contributed by atoms with Gasteiger partial charge in [0.1, 0.15) is 12.2 Å². The molecule has 1 aliphatic heterocycles. The van der Waals surface area contributed by atoms with Gasteiger partial charge in [0.05, 0.1) is 31.5 Å². The first-order valence-corrected chi connectivity index (χ1v) is 5.65. The average Bonchev–Trinajstić information content (AvgIpc) is 2.93. The quantitative estimate of drug-likeness (QED) is 0.365. The minimum atomic E-state index is -1.14. The lowest BCUT2D eigenvalue weighted by atomic mass is 10.0. The summed E-state index contributed by atoms with van der Waals surface area (Å²) in [6, 6.07) is 0. The highest BCUT2D eigenvalue weighted by atomic mass is 16.7. The fourth-order valence-electron chi connectivity index (χ4n) is 2.05. The number of aliphatic hydroxyl groups excluding tert-OH is 5. The predicted molar refractivity (Wildman–Crippen MR) is 53.8 cm³/mol. The lowest BCUT2D eigenvalue weighted by Crippen LogP contribution is -2.50. The molecule has 1 heterocycles. The largest absolute Gasteiger partial charge is 0.396 e. The van der Waals surface area contributed by atoms with Gasteiger partial charge in [0.25, 0.3) is 0 Å². The molecule has 0 aromatic heterocycles. The van der Waals surface area contributed by atoms with E-state index in [-0.39, 0.29) is 18.9 Å². The second kappa shape index (κ2) is 5.15. The molecular weight excluding hydrogens is 232 g/mol. The summed E-state index contributed by atoms with van der Waals surface area (Å²) < 4.78 is 10.6. The topological polar surface area (TPSA) is 120 Å². The summed E-state index contributed by atoms with van der Waals surface area (Å²) >= 11 is 0. The van der Waals surface area contributed by atoms with Crippen LogP contribution in [0.5, 0.6) is 0 Å². The van der Waals surface area contributed by atoms with E-state index in [0.717, 1.165) is 0 Å². The van der Waals surface area contributed by atoms with Crippen molar-refractivity contribution in [3.63, 3.8) is 0 Å². The van der Waals surface area contributed by atoms with Gasteiger partial charge in [0, 0.05) is 12.3 Å². The van der Waals surface area contributed by atoms with Gasteiger partial charge in [-0.15, -0.1) is 0 Å². The van der Waals surface area contributed by atoms with E-state index in [9.17, 15) is 15.3 Å². The molecule has 0 aromatic rings. The molecule has 5 N–H and O–H groups in total. The van der Waals surface area contributed by atoms with Gasteiger partial charge >= 0.3 is 0 Å². The third kappa shape index (κ3) is 2.60. The molecule has 0 radical (unpaired) electrons. The van der Waals surface area contributed by atoms with E-state index < -0.39 is 43.4 Å². The first-order chi connectivity index (χ1) is 8.08. The molecular formula is C10H18O7. The van der Waals surface area contributed by atoms with Gasteiger partial charge in [-0.05, 0) is 0 Å². The zero-order valence-corrected chi connectivity index (χ0v) is 9.22. The van der Waals surface area contributed by atoms with Gasteiger partial charge < -0.3 is 35.0 Å². The minimum Gasteiger partial charge on any atom is -0.396 e. The van der Waals surface area contributed by atoms with Crippen LogP contribution in [-0.4, -0.2) is 75.6 Å². The maximum atomic E-state index is 9.54. The Balaban J connectivity index is 1.86. The third-order valence-corrected chi connectivity index (χ3v) is 3.29. The van der Waals surface area contributed by atoms with Crippen LogP contribution < -0.4 is 0 Å².